The summed E-state index contributed by atoms with van der Waals surface area (Å²) in [5, 5.41) is 64.9. The molecule has 342 valence electrons. The van der Waals surface area contributed by atoms with Crippen LogP contribution in [-0.2, 0) is 14.3 Å². The Balaban J connectivity index is 2.38. The van der Waals surface area contributed by atoms with E-state index in [4.69, 9.17) is 9.47 Å². The molecule has 1 rings (SSSR count). The number of ether oxygens (including phenoxy) is 2. The van der Waals surface area contributed by atoms with E-state index in [0.29, 0.717) is 6.42 Å². The van der Waals surface area contributed by atoms with Gasteiger partial charge in [-0.3, -0.25) is 4.79 Å². The Morgan fingerprint density at radius 2 is 1.09 bits per heavy atom. The second-order valence-corrected chi connectivity index (χ2v) is 17.1. The van der Waals surface area contributed by atoms with Crippen LogP contribution in [0.15, 0.2) is 24.3 Å². The lowest BCUT2D eigenvalue weighted by Gasteiger charge is -2.40. The van der Waals surface area contributed by atoms with Crippen molar-refractivity contribution in [1.82, 2.24) is 5.32 Å². The van der Waals surface area contributed by atoms with Crippen LogP contribution in [0.2, 0.25) is 0 Å². The van der Waals surface area contributed by atoms with Gasteiger partial charge in [0.1, 0.15) is 24.4 Å². The standard InChI is InChI=1S/C48H91NO9/c1-3-5-7-9-11-13-15-17-18-19-20-21-22-23-24-25-27-29-31-33-35-40(51)37-42(52)41(39-57-48-47(56)46(55)45(54)43(38-50)58-48)49-44(53)36-34-32-30-28-26-16-14-12-10-8-6-4-2/h27,29,33,35,40-43,45-48,50-52,54-56H,3-26,28,30-32,34,36-39H2,1-2H3,(H,49,53)/b29-27+,35-33+/t40?,41?,42?,43-,45-,46+,47-,48-/m1/s1. The maximum atomic E-state index is 13.0. The van der Waals surface area contributed by atoms with Gasteiger partial charge in [-0.1, -0.05) is 199 Å². The molecule has 0 aromatic heterocycles. The molecule has 1 saturated heterocycles. The van der Waals surface area contributed by atoms with Gasteiger partial charge in [0.2, 0.25) is 5.91 Å². The zero-order valence-electron chi connectivity index (χ0n) is 37.2. The second kappa shape index (κ2) is 38.5. The molecule has 0 saturated carbocycles. The average molecular weight is 826 g/mol. The third-order valence-electron chi connectivity index (χ3n) is 11.6. The highest BCUT2D eigenvalue weighted by atomic mass is 16.7. The summed E-state index contributed by atoms with van der Waals surface area (Å²) in [5.41, 5.74) is 0. The van der Waals surface area contributed by atoms with Gasteiger partial charge in [-0.2, -0.15) is 0 Å². The highest BCUT2D eigenvalue weighted by Crippen LogP contribution is 2.23. The van der Waals surface area contributed by atoms with E-state index in [1.807, 2.05) is 6.08 Å². The molecule has 10 heteroatoms. The van der Waals surface area contributed by atoms with Crippen molar-refractivity contribution in [3.05, 3.63) is 24.3 Å². The molecule has 0 spiro atoms. The van der Waals surface area contributed by atoms with E-state index < -0.39 is 55.6 Å². The first-order valence-corrected chi connectivity index (χ1v) is 24.1. The number of rotatable bonds is 40. The minimum atomic E-state index is -1.61. The molecule has 1 aliphatic rings. The lowest BCUT2D eigenvalue weighted by Crippen LogP contribution is -2.60. The summed E-state index contributed by atoms with van der Waals surface area (Å²) in [7, 11) is 0. The van der Waals surface area contributed by atoms with Crippen molar-refractivity contribution in [2.75, 3.05) is 13.2 Å². The molecule has 0 aromatic rings. The van der Waals surface area contributed by atoms with Gasteiger partial charge >= 0.3 is 0 Å². The fourth-order valence-electron chi connectivity index (χ4n) is 7.71. The van der Waals surface area contributed by atoms with Gasteiger partial charge in [0.15, 0.2) is 6.29 Å². The smallest absolute Gasteiger partial charge is 0.220 e. The van der Waals surface area contributed by atoms with Crippen molar-refractivity contribution in [3.63, 3.8) is 0 Å². The highest BCUT2D eigenvalue weighted by molar-refractivity contribution is 5.76. The molecule has 1 fully saturated rings. The van der Waals surface area contributed by atoms with Crippen molar-refractivity contribution < 1.29 is 44.9 Å². The number of allylic oxidation sites excluding steroid dienone is 3. The van der Waals surface area contributed by atoms with Gasteiger partial charge < -0.3 is 45.4 Å². The van der Waals surface area contributed by atoms with Crippen LogP contribution in [0.5, 0.6) is 0 Å². The number of aliphatic hydroxyl groups excluding tert-OH is 6. The van der Waals surface area contributed by atoms with Crippen molar-refractivity contribution in [3.8, 4) is 0 Å². The van der Waals surface area contributed by atoms with Crippen LogP contribution in [0.3, 0.4) is 0 Å². The lowest BCUT2D eigenvalue weighted by molar-refractivity contribution is -0.302. The van der Waals surface area contributed by atoms with Crippen molar-refractivity contribution in [2.45, 2.75) is 262 Å². The van der Waals surface area contributed by atoms with Gasteiger partial charge in [0.25, 0.3) is 0 Å². The van der Waals surface area contributed by atoms with Crippen molar-refractivity contribution in [2.24, 2.45) is 0 Å². The van der Waals surface area contributed by atoms with E-state index in [9.17, 15) is 35.4 Å². The van der Waals surface area contributed by atoms with Gasteiger partial charge in [0, 0.05) is 12.8 Å². The Bertz CT molecular complexity index is 979. The Morgan fingerprint density at radius 1 is 0.621 bits per heavy atom. The van der Waals surface area contributed by atoms with Crippen LogP contribution in [0.25, 0.3) is 0 Å². The Hall–Kier alpha value is -1.37. The molecule has 10 nitrogen and oxygen atoms in total. The molecule has 0 bridgehead atoms. The topological polar surface area (TPSA) is 169 Å². The summed E-state index contributed by atoms with van der Waals surface area (Å²) in [4.78, 5) is 13.0. The number of hydrogen-bond donors (Lipinski definition) is 7. The third-order valence-corrected chi connectivity index (χ3v) is 11.6. The molecule has 58 heavy (non-hydrogen) atoms. The normalized spacial score (nSPS) is 21.6. The fraction of sp³-hybridized carbons (Fsp3) is 0.896. The number of nitrogens with one attached hydrogen (secondary N) is 1. The fourth-order valence-corrected chi connectivity index (χ4v) is 7.71. The number of hydrogen-bond acceptors (Lipinski definition) is 9. The van der Waals surface area contributed by atoms with E-state index in [-0.39, 0.29) is 25.4 Å². The first kappa shape index (κ1) is 54.6. The van der Waals surface area contributed by atoms with E-state index >= 15 is 0 Å². The van der Waals surface area contributed by atoms with Crippen molar-refractivity contribution in [1.29, 1.82) is 0 Å². The maximum absolute atomic E-state index is 13.0. The largest absolute Gasteiger partial charge is 0.394 e. The SMILES string of the molecule is CCCCCCCCCCCCCCCCC/C=C/C/C=C/C(O)CC(O)C(CO[C@@H]1O[C@H](CO)[C@@H](O)[C@H](O)[C@H]1O)NC(=O)CCCCCCCCCCCCCC. The Labute approximate surface area is 354 Å². The van der Waals surface area contributed by atoms with Crippen LogP contribution in [0.4, 0.5) is 0 Å². The number of carbonyl (C=O) groups is 1. The molecule has 0 aromatic carbocycles. The zero-order valence-corrected chi connectivity index (χ0v) is 37.2. The first-order chi connectivity index (χ1) is 28.2. The van der Waals surface area contributed by atoms with Crippen LogP contribution >= 0.6 is 0 Å². The van der Waals surface area contributed by atoms with Crippen LogP contribution in [0, 0.1) is 0 Å². The van der Waals surface area contributed by atoms with E-state index in [0.717, 1.165) is 32.1 Å². The molecule has 3 unspecified atom stereocenters. The zero-order chi connectivity index (χ0) is 42.5. The molecular weight excluding hydrogens is 735 g/mol. The van der Waals surface area contributed by atoms with Gasteiger partial charge in [-0.05, 0) is 25.7 Å². The molecule has 0 aliphatic carbocycles. The molecule has 1 aliphatic heterocycles. The third kappa shape index (κ3) is 29.0. The molecule has 1 heterocycles. The summed E-state index contributed by atoms with van der Waals surface area (Å²) in [6, 6.07) is -0.935. The lowest BCUT2D eigenvalue weighted by atomic mass is 9.99. The van der Waals surface area contributed by atoms with Crippen molar-refractivity contribution >= 4 is 5.91 Å². The summed E-state index contributed by atoms with van der Waals surface area (Å²) in [5.74, 6) is -0.252. The van der Waals surface area contributed by atoms with Crippen LogP contribution < -0.4 is 5.32 Å². The van der Waals surface area contributed by atoms with Crippen LogP contribution in [0.1, 0.15) is 213 Å². The second-order valence-electron chi connectivity index (χ2n) is 17.1. The molecular formula is C48H91NO9. The van der Waals surface area contributed by atoms with Crippen LogP contribution in [-0.4, -0.2) is 98.7 Å². The van der Waals surface area contributed by atoms with E-state index in [1.54, 1.807) is 6.08 Å². The van der Waals surface area contributed by atoms with E-state index in [2.05, 4.69) is 31.3 Å². The summed E-state index contributed by atoms with van der Waals surface area (Å²) in [6.07, 6.45) is 34.9. The minimum Gasteiger partial charge on any atom is -0.394 e. The monoisotopic (exact) mass is 826 g/mol. The maximum Gasteiger partial charge on any atom is 0.220 e. The number of carbonyl (C=O) groups excluding carboxylic acids is 1. The number of unbranched alkanes of at least 4 members (excludes halogenated alkanes) is 26. The minimum absolute atomic E-state index is 0.0546. The Kier molecular flexibility index (Phi) is 36.3. The van der Waals surface area contributed by atoms with E-state index in [1.165, 1.54) is 148 Å². The summed E-state index contributed by atoms with van der Waals surface area (Å²) < 4.78 is 11.1. The molecule has 7 N–H and O–H groups in total. The summed E-state index contributed by atoms with van der Waals surface area (Å²) in [6.45, 7) is 3.63. The van der Waals surface area contributed by atoms with Gasteiger partial charge in [-0.15, -0.1) is 0 Å². The predicted molar refractivity (Wildman–Crippen MR) is 236 cm³/mol. The molecule has 8 atom stereocenters. The van der Waals surface area contributed by atoms with Gasteiger partial charge in [-0.25, -0.2) is 0 Å². The number of aliphatic hydroxyl groups is 6. The van der Waals surface area contributed by atoms with Gasteiger partial charge in [0.05, 0.1) is 31.5 Å². The number of amides is 1. The molecule has 1 amide bonds. The first-order valence-electron chi connectivity index (χ1n) is 24.1. The molecule has 0 radical (unpaired) electrons. The Morgan fingerprint density at radius 3 is 1.57 bits per heavy atom. The highest BCUT2D eigenvalue weighted by Gasteiger charge is 2.44. The predicted octanol–water partition coefficient (Wildman–Crippen LogP) is 9.25. The quantitative estimate of drug-likeness (QED) is 0.0235. The average Bonchev–Trinajstić information content (AvgIpc) is 3.21. The summed E-state index contributed by atoms with van der Waals surface area (Å²) >= 11 is 0.